The van der Waals surface area contributed by atoms with Gasteiger partial charge in [-0.3, -0.25) is 13.9 Å². The number of sulfonamides is 1. The summed E-state index contributed by atoms with van der Waals surface area (Å²) >= 11 is 3.41. The van der Waals surface area contributed by atoms with E-state index in [-0.39, 0.29) is 23.4 Å². The number of benzene rings is 3. The molecule has 1 N–H and O–H groups in total. The van der Waals surface area contributed by atoms with Crippen LogP contribution < -0.4 is 14.4 Å². The molecule has 0 radical (unpaired) electrons. The smallest absolute Gasteiger partial charge is 0.264 e. The van der Waals surface area contributed by atoms with Crippen molar-refractivity contribution in [3.05, 3.63) is 88.9 Å². The molecule has 8 nitrogen and oxygen atoms in total. The SMILES string of the molecule is COc1ccc(N(CC(=O)N(Cc2ccc(Br)cc2)[C@@H](C)C(=O)NC(C)C)S(=O)(=O)c2ccccc2)cc1. The first-order valence-electron chi connectivity index (χ1n) is 12.1. The minimum absolute atomic E-state index is 0.0497. The van der Waals surface area contributed by atoms with Crippen molar-refractivity contribution in [1.82, 2.24) is 10.2 Å². The van der Waals surface area contributed by atoms with Gasteiger partial charge in [0, 0.05) is 17.1 Å². The van der Waals surface area contributed by atoms with Crippen LogP contribution in [0.2, 0.25) is 0 Å². The van der Waals surface area contributed by atoms with Gasteiger partial charge >= 0.3 is 0 Å². The Balaban J connectivity index is 2.01. The number of carbonyl (C=O) groups is 2. The lowest BCUT2D eigenvalue weighted by atomic mass is 10.1. The van der Waals surface area contributed by atoms with Crippen LogP contribution in [0, 0.1) is 0 Å². The molecule has 3 aromatic carbocycles. The molecule has 0 spiro atoms. The van der Waals surface area contributed by atoms with Gasteiger partial charge in [0.2, 0.25) is 11.8 Å². The second kappa shape index (κ2) is 12.9. The molecule has 0 heterocycles. The van der Waals surface area contributed by atoms with Gasteiger partial charge in [0.15, 0.2) is 0 Å². The Kier molecular flexibility index (Phi) is 9.93. The first-order chi connectivity index (χ1) is 18.0. The van der Waals surface area contributed by atoms with E-state index in [9.17, 15) is 18.0 Å². The van der Waals surface area contributed by atoms with Crippen molar-refractivity contribution in [1.29, 1.82) is 0 Å². The molecule has 3 rings (SSSR count). The van der Waals surface area contributed by atoms with E-state index in [2.05, 4.69) is 21.2 Å². The third kappa shape index (κ3) is 7.35. The van der Waals surface area contributed by atoms with Crippen molar-refractivity contribution in [2.24, 2.45) is 0 Å². The zero-order valence-electron chi connectivity index (χ0n) is 21.8. The van der Waals surface area contributed by atoms with Gasteiger partial charge in [-0.05, 0) is 74.9 Å². The summed E-state index contributed by atoms with van der Waals surface area (Å²) in [5.41, 5.74) is 1.10. The number of anilines is 1. The molecule has 38 heavy (non-hydrogen) atoms. The Morgan fingerprint density at radius 3 is 2.08 bits per heavy atom. The first kappa shape index (κ1) is 29.2. The third-order valence-electron chi connectivity index (χ3n) is 5.83. The molecular weight excluding hydrogens is 570 g/mol. The Bertz CT molecular complexity index is 1330. The van der Waals surface area contributed by atoms with E-state index in [1.54, 1.807) is 49.4 Å². The summed E-state index contributed by atoms with van der Waals surface area (Å²) in [5, 5.41) is 2.84. The fourth-order valence-corrected chi connectivity index (χ4v) is 5.47. The van der Waals surface area contributed by atoms with E-state index < -0.39 is 28.5 Å². The average Bonchev–Trinajstić information content (AvgIpc) is 2.91. The van der Waals surface area contributed by atoms with Crippen molar-refractivity contribution in [2.75, 3.05) is 18.0 Å². The van der Waals surface area contributed by atoms with Crippen LogP contribution in [0.25, 0.3) is 0 Å². The topological polar surface area (TPSA) is 96.0 Å². The molecule has 3 aromatic rings. The van der Waals surface area contributed by atoms with Crippen LogP contribution in [-0.2, 0) is 26.2 Å². The molecule has 202 valence electrons. The quantitative estimate of drug-likeness (QED) is 0.347. The highest BCUT2D eigenvalue weighted by Crippen LogP contribution is 2.26. The molecule has 10 heteroatoms. The number of halogens is 1. The molecule has 0 saturated heterocycles. The number of carbonyl (C=O) groups excluding carboxylic acids is 2. The molecule has 0 saturated carbocycles. The number of hydrogen-bond donors (Lipinski definition) is 1. The molecule has 0 aliphatic heterocycles. The first-order valence-corrected chi connectivity index (χ1v) is 14.3. The predicted molar refractivity (Wildman–Crippen MR) is 151 cm³/mol. The van der Waals surface area contributed by atoms with E-state index in [4.69, 9.17) is 4.74 Å². The number of rotatable bonds is 11. The number of hydrogen-bond acceptors (Lipinski definition) is 5. The molecule has 2 amide bonds. The molecule has 1 atom stereocenters. The minimum atomic E-state index is -4.11. The van der Waals surface area contributed by atoms with Crippen LogP contribution in [0.4, 0.5) is 5.69 Å². The fraction of sp³-hybridized carbons (Fsp3) is 0.286. The summed E-state index contributed by atoms with van der Waals surface area (Å²) in [7, 11) is -2.59. The molecule has 0 aliphatic rings. The molecule has 0 bridgehead atoms. The van der Waals surface area contributed by atoms with Gasteiger partial charge in [0.25, 0.3) is 10.0 Å². The van der Waals surface area contributed by atoms with Crippen LogP contribution in [0.5, 0.6) is 5.75 Å². The second-order valence-electron chi connectivity index (χ2n) is 9.01. The third-order valence-corrected chi connectivity index (χ3v) is 8.15. The molecule has 0 aliphatic carbocycles. The summed E-state index contributed by atoms with van der Waals surface area (Å²) in [4.78, 5) is 28.2. The molecule has 0 aromatic heterocycles. The zero-order valence-corrected chi connectivity index (χ0v) is 24.2. The lowest BCUT2D eigenvalue weighted by molar-refractivity contribution is -0.139. The minimum Gasteiger partial charge on any atom is -0.497 e. The van der Waals surface area contributed by atoms with Gasteiger partial charge in [0.1, 0.15) is 18.3 Å². The lowest BCUT2D eigenvalue weighted by Crippen LogP contribution is -2.52. The van der Waals surface area contributed by atoms with Crippen LogP contribution in [0.1, 0.15) is 26.3 Å². The van der Waals surface area contributed by atoms with E-state index in [0.29, 0.717) is 11.4 Å². The van der Waals surface area contributed by atoms with Gasteiger partial charge in [-0.1, -0.05) is 46.3 Å². The van der Waals surface area contributed by atoms with Crippen LogP contribution in [0.3, 0.4) is 0 Å². The predicted octanol–water partition coefficient (Wildman–Crippen LogP) is 4.59. The van der Waals surface area contributed by atoms with Gasteiger partial charge in [-0.25, -0.2) is 8.42 Å². The van der Waals surface area contributed by atoms with Crippen molar-refractivity contribution in [3.63, 3.8) is 0 Å². The van der Waals surface area contributed by atoms with Crippen LogP contribution >= 0.6 is 15.9 Å². The van der Waals surface area contributed by atoms with Crippen LogP contribution in [-0.4, -0.2) is 50.9 Å². The summed E-state index contributed by atoms with van der Waals surface area (Å²) in [6.07, 6.45) is 0. The van der Waals surface area contributed by atoms with Gasteiger partial charge < -0.3 is 15.0 Å². The monoisotopic (exact) mass is 601 g/mol. The van der Waals surface area contributed by atoms with Crippen molar-refractivity contribution < 1.29 is 22.7 Å². The van der Waals surface area contributed by atoms with Crippen molar-refractivity contribution in [2.45, 2.75) is 44.3 Å². The normalized spacial score (nSPS) is 12.1. The summed E-state index contributed by atoms with van der Waals surface area (Å²) in [6, 6.07) is 20.8. The molecule has 0 unspecified atom stereocenters. The Labute approximate surface area is 232 Å². The summed E-state index contributed by atoms with van der Waals surface area (Å²) < 4.78 is 34.6. The van der Waals surface area contributed by atoms with Crippen molar-refractivity contribution in [3.8, 4) is 5.75 Å². The Morgan fingerprint density at radius 2 is 1.53 bits per heavy atom. The number of ether oxygens (including phenoxy) is 1. The molecule has 0 fully saturated rings. The summed E-state index contributed by atoms with van der Waals surface area (Å²) in [5.74, 6) is -0.296. The summed E-state index contributed by atoms with van der Waals surface area (Å²) in [6.45, 7) is 4.94. The van der Waals surface area contributed by atoms with Gasteiger partial charge in [-0.15, -0.1) is 0 Å². The van der Waals surface area contributed by atoms with Gasteiger partial charge in [-0.2, -0.15) is 0 Å². The Hall–Kier alpha value is -3.37. The fourth-order valence-electron chi connectivity index (χ4n) is 3.77. The lowest BCUT2D eigenvalue weighted by Gasteiger charge is -2.32. The highest BCUT2D eigenvalue weighted by molar-refractivity contribution is 9.10. The van der Waals surface area contributed by atoms with E-state index in [1.807, 2.05) is 38.1 Å². The van der Waals surface area contributed by atoms with Crippen molar-refractivity contribution >= 4 is 43.5 Å². The number of nitrogens with one attached hydrogen (secondary N) is 1. The highest BCUT2D eigenvalue weighted by atomic mass is 79.9. The van der Waals surface area contributed by atoms with E-state index in [0.717, 1.165) is 14.3 Å². The molecular formula is C28H32BrN3O5S. The highest BCUT2D eigenvalue weighted by Gasteiger charge is 2.32. The second-order valence-corrected chi connectivity index (χ2v) is 11.8. The number of amides is 2. The largest absolute Gasteiger partial charge is 0.497 e. The maximum atomic E-state index is 13.8. The van der Waals surface area contributed by atoms with Crippen LogP contribution in [0.15, 0.2) is 88.2 Å². The van der Waals surface area contributed by atoms with E-state index >= 15 is 0 Å². The zero-order chi connectivity index (χ0) is 27.9. The van der Waals surface area contributed by atoms with E-state index in [1.165, 1.54) is 24.1 Å². The standard InChI is InChI=1S/C28H32BrN3O5S/c1-20(2)30-28(34)21(3)31(18-22-10-12-23(29)13-11-22)27(33)19-32(24-14-16-25(37-4)17-15-24)38(35,36)26-8-6-5-7-9-26/h5-17,20-21H,18-19H2,1-4H3,(H,30,34)/t21-/m0/s1. The number of methoxy groups -OCH3 is 1. The Morgan fingerprint density at radius 1 is 0.921 bits per heavy atom. The maximum absolute atomic E-state index is 13.8. The number of nitrogens with zero attached hydrogens (tertiary/aromatic N) is 2. The average molecular weight is 603 g/mol. The maximum Gasteiger partial charge on any atom is 0.264 e. The van der Waals surface area contributed by atoms with Gasteiger partial charge in [0.05, 0.1) is 17.7 Å².